The molecule has 2 rings (SSSR count). The van der Waals surface area contributed by atoms with E-state index in [2.05, 4.69) is 5.32 Å². The van der Waals surface area contributed by atoms with Crippen molar-refractivity contribution in [3.05, 3.63) is 0 Å². The number of nitrogens with one attached hydrogen (secondary N) is 1. The van der Waals surface area contributed by atoms with Crippen LogP contribution in [0.5, 0.6) is 0 Å². The van der Waals surface area contributed by atoms with Gasteiger partial charge in [-0.1, -0.05) is 0 Å². The van der Waals surface area contributed by atoms with E-state index in [1.54, 1.807) is 4.90 Å². The first-order valence-electron chi connectivity index (χ1n) is 4.97. The molecule has 2 heterocycles. The van der Waals surface area contributed by atoms with E-state index in [-0.39, 0.29) is 17.5 Å². The largest absolute Gasteiger partial charge is 0.351 e. The van der Waals surface area contributed by atoms with Crippen molar-refractivity contribution in [2.75, 3.05) is 13.1 Å². The fourth-order valence-corrected chi connectivity index (χ4v) is 2.30. The maximum absolute atomic E-state index is 11.1. The minimum Gasteiger partial charge on any atom is -0.351 e. The number of carbonyl (C=O) groups excluding carboxylic acids is 2. The number of primary amides is 1. The van der Waals surface area contributed by atoms with Crippen LogP contribution in [0, 0.1) is 0 Å². The summed E-state index contributed by atoms with van der Waals surface area (Å²) in [6, 6.07) is -0.357. The quantitative estimate of drug-likeness (QED) is 0.564. The van der Waals surface area contributed by atoms with Crippen molar-refractivity contribution in [2.24, 2.45) is 5.73 Å². The molecule has 0 bridgehead atoms. The van der Waals surface area contributed by atoms with Crippen LogP contribution in [-0.2, 0) is 4.79 Å². The van der Waals surface area contributed by atoms with E-state index in [1.807, 2.05) is 0 Å². The van der Waals surface area contributed by atoms with Crippen LogP contribution in [0.2, 0.25) is 0 Å². The molecular weight excluding hydrogens is 182 g/mol. The Morgan fingerprint density at radius 1 is 1.36 bits per heavy atom. The highest BCUT2D eigenvalue weighted by atomic mass is 16.2. The van der Waals surface area contributed by atoms with Gasteiger partial charge in [-0.05, 0) is 19.3 Å². The van der Waals surface area contributed by atoms with Crippen molar-refractivity contribution in [1.29, 1.82) is 0 Å². The zero-order valence-electron chi connectivity index (χ0n) is 8.08. The van der Waals surface area contributed by atoms with E-state index in [9.17, 15) is 9.59 Å². The van der Waals surface area contributed by atoms with Crippen LogP contribution in [0.4, 0.5) is 4.79 Å². The maximum atomic E-state index is 11.1. The topological polar surface area (TPSA) is 75.4 Å². The lowest BCUT2D eigenvalue weighted by molar-refractivity contribution is -0.120. The average Bonchev–Trinajstić information content (AvgIpc) is 2.48. The number of piperidine rings is 1. The first-order valence-corrected chi connectivity index (χ1v) is 4.97. The summed E-state index contributed by atoms with van der Waals surface area (Å²) in [5.41, 5.74) is 5.14. The maximum Gasteiger partial charge on any atom is 0.314 e. The van der Waals surface area contributed by atoms with Crippen molar-refractivity contribution in [1.82, 2.24) is 10.2 Å². The zero-order valence-corrected chi connectivity index (χ0v) is 8.08. The third kappa shape index (κ3) is 1.54. The first-order chi connectivity index (χ1) is 6.61. The number of hydrogen-bond donors (Lipinski definition) is 2. The molecule has 0 unspecified atom stereocenters. The van der Waals surface area contributed by atoms with Crippen molar-refractivity contribution >= 4 is 11.9 Å². The third-order valence-electron chi connectivity index (χ3n) is 3.27. The summed E-state index contributed by atoms with van der Waals surface area (Å²) in [6.07, 6.45) is 3.19. The predicted molar refractivity (Wildman–Crippen MR) is 50.5 cm³/mol. The highest BCUT2D eigenvalue weighted by Gasteiger charge is 2.40. The van der Waals surface area contributed by atoms with Gasteiger partial charge in [-0.3, -0.25) is 4.79 Å². The van der Waals surface area contributed by atoms with Crippen LogP contribution in [0.25, 0.3) is 0 Å². The summed E-state index contributed by atoms with van der Waals surface area (Å²) >= 11 is 0. The molecule has 3 N–H and O–H groups in total. The third-order valence-corrected chi connectivity index (χ3v) is 3.27. The molecule has 5 heteroatoms. The number of hydrogen-bond acceptors (Lipinski definition) is 2. The van der Waals surface area contributed by atoms with Gasteiger partial charge < -0.3 is 16.0 Å². The molecule has 0 aromatic carbocycles. The molecule has 0 atom stereocenters. The lowest BCUT2D eigenvalue weighted by Crippen LogP contribution is -2.53. The summed E-state index contributed by atoms with van der Waals surface area (Å²) in [7, 11) is 0. The van der Waals surface area contributed by atoms with E-state index >= 15 is 0 Å². The summed E-state index contributed by atoms with van der Waals surface area (Å²) in [4.78, 5) is 23.6. The number of carbonyl (C=O) groups is 2. The van der Waals surface area contributed by atoms with Gasteiger partial charge in [0.15, 0.2) is 0 Å². The van der Waals surface area contributed by atoms with Gasteiger partial charge in [0.05, 0.1) is 0 Å². The van der Waals surface area contributed by atoms with Crippen LogP contribution < -0.4 is 11.1 Å². The lowest BCUT2D eigenvalue weighted by Gasteiger charge is -2.38. The smallest absolute Gasteiger partial charge is 0.314 e. The molecule has 2 aliphatic heterocycles. The van der Waals surface area contributed by atoms with Gasteiger partial charge >= 0.3 is 6.03 Å². The van der Waals surface area contributed by atoms with Crippen molar-refractivity contribution < 1.29 is 9.59 Å². The fourth-order valence-electron chi connectivity index (χ4n) is 2.30. The van der Waals surface area contributed by atoms with Crippen molar-refractivity contribution in [2.45, 2.75) is 31.2 Å². The molecule has 2 saturated heterocycles. The molecule has 2 aliphatic rings. The zero-order chi connectivity index (χ0) is 10.2. The van der Waals surface area contributed by atoms with Crippen molar-refractivity contribution in [3.63, 3.8) is 0 Å². The molecule has 5 nitrogen and oxygen atoms in total. The van der Waals surface area contributed by atoms with Gasteiger partial charge in [0.1, 0.15) is 0 Å². The van der Waals surface area contributed by atoms with Crippen LogP contribution >= 0.6 is 0 Å². The monoisotopic (exact) mass is 197 g/mol. The van der Waals surface area contributed by atoms with Gasteiger partial charge in [0.25, 0.3) is 0 Å². The molecule has 78 valence electrons. The second-order valence-electron chi connectivity index (χ2n) is 4.15. The second kappa shape index (κ2) is 3.15. The SMILES string of the molecule is NC(=O)N1CCC2(CCC(=O)N2)CC1. The molecule has 0 aliphatic carbocycles. The van der Waals surface area contributed by atoms with Crippen LogP contribution in [0.15, 0.2) is 0 Å². The van der Waals surface area contributed by atoms with Gasteiger partial charge in [-0.2, -0.15) is 0 Å². The first kappa shape index (κ1) is 9.30. The van der Waals surface area contributed by atoms with Crippen molar-refractivity contribution in [3.8, 4) is 0 Å². The minimum atomic E-state index is -0.357. The minimum absolute atomic E-state index is 0.0387. The number of nitrogens with two attached hydrogens (primary N) is 1. The fraction of sp³-hybridized carbons (Fsp3) is 0.778. The summed E-state index contributed by atoms with van der Waals surface area (Å²) in [5, 5.41) is 3.01. The Bertz CT molecular complexity index is 269. The molecular formula is C9H15N3O2. The summed E-state index contributed by atoms with van der Waals surface area (Å²) < 4.78 is 0. The average molecular weight is 197 g/mol. The molecule has 0 radical (unpaired) electrons. The van der Waals surface area contributed by atoms with Gasteiger partial charge in [-0.15, -0.1) is 0 Å². The normalized spacial score (nSPS) is 25.1. The molecule has 0 aromatic heterocycles. The van der Waals surface area contributed by atoms with E-state index in [4.69, 9.17) is 5.73 Å². The Labute approximate surface area is 82.6 Å². The standard InChI is InChI=1S/C9H15N3O2/c10-8(14)12-5-3-9(4-6-12)2-1-7(13)11-9/h1-6H2,(H2,10,14)(H,11,13). The number of amides is 3. The Hall–Kier alpha value is -1.26. The van der Waals surface area contributed by atoms with Crippen LogP contribution in [-0.4, -0.2) is 35.5 Å². The highest BCUT2D eigenvalue weighted by molar-refractivity contribution is 5.79. The summed E-state index contributed by atoms with van der Waals surface area (Å²) in [5.74, 6) is 0.137. The molecule has 14 heavy (non-hydrogen) atoms. The predicted octanol–water partition coefficient (Wildman–Crippen LogP) is -0.190. The Morgan fingerprint density at radius 3 is 2.43 bits per heavy atom. The molecule has 3 amide bonds. The molecule has 2 fully saturated rings. The van der Waals surface area contributed by atoms with Gasteiger partial charge in [-0.25, -0.2) is 4.79 Å². The van der Waals surface area contributed by atoms with Crippen LogP contribution in [0.1, 0.15) is 25.7 Å². The molecule has 1 spiro atoms. The molecule has 0 aromatic rings. The van der Waals surface area contributed by atoms with E-state index < -0.39 is 0 Å². The number of urea groups is 1. The lowest BCUT2D eigenvalue weighted by atomic mass is 9.86. The van der Waals surface area contributed by atoms with Gasteiger partial charge in [0, 0.05) is 25.0 Å². The Balaban J connectivity index is 1.95. The summed E-state index contributed by atoms with van der Waals surface area (Å²) in [6.45, 7) is 1.32. The second-order valence-corrected chi connectivity index (χ2v) is 4.15. The van der Waals surface area contributed by atoms with E-state index in [0.717, 1.165) is 19.3 Å². The number of nitrogens with zero attached hydrogens (tertiary/aromatic N) is 1. The highest BCUT2D eigenvalue weighted by Crippen LogP contribution is 2.30. The van der Waals surface area contributed by atoms with E-state index in [1.165, 1.54) is 0 Å². The Morgan fingerprint density at radius 2 is 2.00 bits per heavy atom. The van der Waals surface area contributed by atoms with E-state index in [0.29, 0.717) is 19.5 Å². The van der Waals surface area contributed by atoms with Crippen LogP contribution in [0.3, 0.4) is 0 Å². The number of likely N-dealkylation sites (tertiary alicyclic amines) is 1. The number of rotatable bonds is 0. The molecule has 0 saturated carbocycles. The van der Waals surface area contributed by atoms with Gasteiger partial charge in [0.2, 0.25) is 5.91 Å². The Kier molecular flexibility index (Phi) is 2.09.